The molecule has 1 saturated carbocycles. The minimum Gasteiger partial charge on any atom is -0.439 e. The highest BCUT2D eigenvalue weighted by atomic mass is 19.4. The summed E-state index contributed by atoms with van der Waals surface area (Å²) in [5.74, 6) is 0.435. The normalized spacial score (nSPS) is 15.5. The van der Waals surface area contributed by atoms with Crippen molar-refractivity contribution in [3.05, 3.63) is 94.6 Å². The van der Waals surface area contributed by atoms with E-state index in [9.17, 15) is 18.0 Å². The molecule has 206 valence electrons. The van der Waals surface area contributed by atoms with Crippen molar-refractivity contribution in [2.24, 2.45) is 0 Å². The number of carbonyl (C=O) groups excluding carboxylic acids is 1. The van der Waals surface area contributed by atoms with Gasteiger partial charge < -0.3 is 10.1 Å². The maximum atomic E-state index is 12.8. The maximum absolute atomic E-state index is 12.8. The van der Waals surface area contributed by atoms with E-state index in [-0.39, 0.29) is 17.8 Å². The molecular weight excluding hydrogens is 519 g/mol. The van der Waals surface area contributed by atoms with Crippen LogP contribution < -0.4 is 10.1 Å². The van der Waals surface area contributed by atoms with Crippen LogP contribution in [0.4, 0.5) is 13.2 Å². The molecule has 0 spiro atoms. The van der Waals surface area contributed by atoms with Gasteiger partial charge in [0, 0.05) is 35.8 Å². The van der Waals surface area contributed by atoms with Crippen molar-refractivity contribution in [2.45, 2.75) is 51.7 Å². The van der Waals surface area contributed by atoms with Crippen LogP contribution in [0.5, 0.6) is 11.6 Å². The molecule has 3 aromatic heterocycles. The number of aromatic amines is 1. The van der Waals surface area contributed by atoms with Gasteiger partial charge in [0.15, 0.2) is 0 Å². The molecule has 2 N–H and O–H groups in total. The molecule has 0 unspecified atom stereocenters. The lowest BCUT2D eigenvalue weighted by molar-refractivity contribution is -0.137. The number of benzene rings is 1. The molecule has 7 nitrogen and oxygen atoms in total. The number of pyridine rings is 2. The summed E-state index contributed by atoms with van der Waals surface area (Å²) in [6.07, 6.45) is 3.33. The van der Waals surface area contributed by atoms with Gasteiger partial charge in [-0.05, 0) is 75.4 Å². The molecule has 0 bridgehead atoms. The van der Waals surface area contributed by atoms with Crippen molar-refractivity contribution >= 4 is 12.0 Å². The van der Waals surface area contributed by atoms with Crippen LogP contribution in [0.25, 0.3) is 17.3 Å². The summed E-state index contributed by atoms with van der Waals surface area (Å²) in [6.45, 7) is 3.85. The van der Waals surface area contributed by atoms with Crippen LogP contribution >= 0.6 is 0 Å². The molecule has 1 aliphatic rings. The summed E-state index contributed by atoms with van der Waals surface area (Å²) >= 11 is 0. The third-order valence-corrected chi connectivity index (χ3v) is 6.89. The predicted molar refractivity (Wildman–Crippen MR) is 145 cm³/mol. The molecule has 1 aliphatic carbocycles. The molecule has 1 aromatic carbocycles. The summed E-state index contributed by atoms with van der Waals surface area (Å²) < 4.78 is 43.9. The summed E-state index contributed by atoms with van der Waals surface area (Å²) in [5, 5.41) is 10.3. The first-order valence-corrected chi connectivity index (χ1v) is 12.9. The molecule has 0 radical (unpaired) electrons. The summed E-state index contributed by atoms with van der Waals surface area (Å²) in [6, 6.07) is 13.2. The Labute approximate surface area is 229 Å². The molecule has 1 amide bonds. The Hall–Kier alpha value is -4.47. The number of hydrogen-bond donors (Lipinski definition) is 2. The summed E-state index contributed by atoms with van der Waals surface area (Å²) in [4.78, 5) is 21.0. The standard InChI is InChI=1S/C30H28F3N5O2/c1-18-28(19(2)38-37-18)26-12-8-22(16-34-26)29(39)36-24-10-6-20(7-11-24)14-21-4-3-5-25(15-21)40-27-13-9-23(17-35-27)30(31,32)33/h3-5,8-9,12-17,24H,6-7,10-11H2,1-2H3,(H,36,39)(H,37,38). The monoisotopic (exact) mass is 547 g/mol. The molecule has 3 heterocycles. The first kappa shape index (κ1) is 27.1. The number of halogens is 3. The van der Waals surface area contributed by atoms with E-state index in [1.807, 2.05) is 38.1 Å². The molecule has 0 atom stereocenters. The zero-order valence-electron chi connectivity index (χ0n) is 22.0. The predicted octanol–water partition coefficient (Wildman–Crippen LogP) is 7.05. The smallest absolute Gasteiger partial charge is 0.417 e. The lowest BCUT2D eigenvalue weighted by Crippen LogP contribution is -2.36. The highest BCUT2D eigenvalue weighted by Gasteiger charge is 2.30. The largest absolute Gasteiger partial charge is 0.439 e. The van der Waals surface area contributed by atoms with Crippen LogP contribution in [0.3, 0.4) is 0 Å². The number of aryl methyl sites for hydroxylation is 2. The minimum atomic E-state index is -4.44. The van der Waals surface area contributed by atoms with E-state index in [4.69, 9.17) is 4.74 Å². The van der Waals surface area contributed by atoms with Gasteiger partial charge in [-0.1, -0.05) is 23.8 Å². The Morgan fingerprint density at radius 2 is 1.85 bits per heavy atom. The number of ether oxygens (including phenoxy) is 1. The average Bonchev–Trinajstić information content (AvgIpc) is 3.27. The lowest BCUT2D eigenvalue weighted by Gasteiger charge is -2.25. The van der Waals surface area contributed by atoms with Crippen LogP contribution in [0, 0.1) is 13.8 Å². The number of aromatic nitrogens is 4. The summed E-state index contributed by atoms with van der Waals surface area (Å²) in [7, 11) is 0. The first-order chi connectivity index (χ1) is 19.2. The Morgan fingerprint density at radius 1 is 1.05 bits per heavy atom. The molecule has 5 rings (SSSR count). The van der Waals surface area contributed by atoms with Crippen molar-refractivity contribution in [1.82, 2.24) is 25.5 Å². The van der Waals surface area contributed by atoms with Gasteiger partial charge in [-0.2, -0.15) is 18.3 Å². The van der Waals surface area contributed by atoms with Gasteiger partial charge >= 0.3 is 6.18 Å². The van der Waals surface area contributed by atoms with Gasteiger partial charge in [0.1, 0.15) is 5.75 Å². The molecule has 1 fully saturated rings. The van der Waals surface area contributed by atoms with E-state index in [1.165, 1.54) is 11.6 Å². The first-order valence-electron chi connectivity index (χ1n) is 12.9. The van der Waals surface area contributed by atoms with Gasteiger partial charge in [-0.25, -0.2) is 4.98 Å². The fourth-order valence-corrected chi connectivity index (χ4v) is 4.78. The van der Waals surface area contributed by atoms with Crippen molar-refractivity contribution < 1.29 is 22.7 Å². The highest BCUT2D eigenvalue weighted by Crippen LogP contribution is 2.31. The van der Waals surface area contributed by atoms with E-state index in [2.05, 4.69) is 31.6 Å². The van der Waals surface area contributed by atoms with Gasteiger partial charge in [0.05, 0.1) is 22.5 Å². The summed E-state index contributed by atoms with van der Waals surface area (Å²) in [5.41, 5.74) is 5.40. The van der Waals surface area contributed by atoms with Gasteiger partial charge in [0.25, 0.3) is 5.91 Å². The second kappa shape index (κ2) is 11.3. The Morgan fingerprint density at radius 3 is 2.48 bits per heavy atom. The number of hydrogen-bond acceptors (Lipinski definition) is 5. The molecule has 40 heavy (non-hydrogen) atoms. The molecule has 10 heteroatoms. The second-order valence-corrected chi connectivity index (χ2v) is 9.85. The van der Waals surface area contributed by atoms with E-state index in [1.54, 1.807) is 18.3 Å². The van der Waals surface area contributed by atoms with Crippen LogP contribution in [-0.2, 0) is 6.18 Å². The second-order valence-electron chi connectivity index (χ2n) is 9.85. The fourth-order valence-electron chi connectivity index (χ4n) is 4.78. The average molecular weight is 548 g/mol. The zero-order chi connectivity index (χ0) is 28.3. The minimum absolute atomic E-state index is 0.0723. The van der Waals surface area contributed by atoms with Crippen molar-refractivity contribution in [1.29, 1.82) is 0 Å². The Kier molecular flexibility index (Phi) is 7.68. The van der Waals surface area contributed by atoms with Crippen molar-refractivity contribution in [2.75, 3.05) is 0 Å². The van der Waals surface area contributed by atoms with Crippen molar-refractivity contribution in [3.8, 4) is 22.9 Å². The number of amides is 1. The van der Waals surface area contributed by atoms with Crippen LogP contribution in [0.1, 0.15) is 58.6 Å². The van der Waals surface area contributed by atoms with E-state index < -0.39 is 11.7 Å². The van der Waals surface area contributed by atoms with Gasteiger partial charge in [0.2, 0.25) is 5.88 Å². The highest BCUT2D eigenvalue weighted by molar-refractivity contribution is 5.94. The number of carbonyl (C=O) groups is 1. The Balaban J connectivity index is 1.15. The number of alkyl halides is 3. The van der Waals surface area contributed by atoms with Crippen LogP contribution in [0.2, 0.25) is 0 Å². The molecule has 0 aliphatic heterocycles. The van der Waals surface area contributed by atoms with E-state index >= 15 is 0 Å². The van der Waals surface area contributed by atoms with Crippen molar-refractivity contribution in [3.63, 3.8) is 0 Å². The fraction of sp³-hybridized carbons (Fsp3) is 0.267. The SMILES string of the molecule is Cc1n[nH]c(C)c1-c1ccc(C(=O)NC2CCC(=Cc3cccc(Oc4ccc(C(F)(F)F)cn4)c3)CC2)cn1. The van der Waals surface area contributed by atoms with Gasteiger partial charge in [-0.3, -0.25) is 14.9 Å². The number of H-pyrrole nitrogens is 1. The van der Waals surface area contributed by atoms with Crippen LogP contribution in [0.15, 0.2) is 66.5 Å². The molecule has 4 aromatic rings. The van der Waals surface area contributed by atoms with Crippen LogP contribution in [-0.4, -0.2) is 32.1 Å². The molecule has 0 saturated heterocycles. The van der Waals surface area contributed by atoms with E-state index in [0.29, 0.717) is 11.3 Å². The third kappa shape index (κ3) is 6.39. The quantitative estimate of drug-likeness (QED) is 0.270. The molecular formula is C30H28F3N5O2. The third-order valence-electron chi connectivity index (χ3n) is 6.89. The number of allylic oxidation sites excluding steroid dienone is 1. The Bertz CT molecular complexity index is 1500. The van der Waals surface area contributed by atoms with Gasteiger partial charge in [-0.15, -0.1) is 0 Å². The maximum Gasteiger partial charge on any atom is 0.417 e. The topological polar surface area (TPSA) is 92.8 Å². The number of nitrogens with zero attached hydrogens (tertiary/aromatic N) is 3. The van der Waals surface area contributed by atoms with E-state index in [0.717, 1.165) is 66.2 Å². The number of nitrogens with one attached hydrogen (secondary N) is 2. The zero-order valence-corrected chi connectivity index (χ0v) is 22.0. The number of rotatable bonds is 6. The lowest BCUT2D eigenvalue weighted by atomic mass is 9.89.